The maximum Gasteiger partial charge on any atom is 0.387 e. The van der Waals surface area contributed by atoms with Crippen molar-refractivity contribution in [1.29, 1.82) is 0 Å². The first kappa shape index (κ1) is 26.7. The predicted molar refractivity (Wildman–Crippen MR) is 140 cm³/mol. The van der Waals surface area contributed by atoms with Crippen LogP contribution in [0.2, 0.25) is 0 Å². The predicted octanol–water partition coefficient (Wildman–Crippen LogP) is 9.26. The molecule has 0 fully saturated rings. The lowest BCUT2D eigenvalue weighted by atomic mass is 10.0. The number of hydrogen-bond donors (Lipinski definition) is 0. The molecule has 0 unspecified atom stereocenters. The van der Waals surface area contributed by atoms with E-state index in [1.807, 2.05) is 0 Å². The third-order valence-corrected chi connectivity index (χ3v) is 6.26. The minimum absolute atomic E-state index is 0.171. The van der Waals surface area contributed by atoms with Crippen LogP contribution in [0.4, 0.5) is 8.78 Å². The van der Waals surface area contributed by atoms with Crippen molar-refractivity contribution < 1.29 is 18.3 Å². The van der Waals surface area contributed by atoms with Crippen LogP contribution in [0.1, 0.15) is 69.4 Å². The number of rotatable bonds is 16. The second kappa shape index (κ2) is 15.2. The minimum atomic E-state index is -2.80. The average Bonchev–Trinajstić information content (AvgIpc) is 2.88. The van der Waals surface area contributed by atoms with E-state index in [1.54, 1.807) is 24.3 Å². The Labute approximate surface area is 209 Å². The van der Waals surface area contributed by atoms with Gasteiger partial charge in [-0.3, -0.25) is 0 Å². The summed E-state index contributed by atoms with van der Waals surface area (Å²) in [5.74, 6) is 1.12. The van der Waals surface area contributed by atoms with Gasteiger partial charge in [0.05, 0.1) is 6.61 Å². The molecule has 188 valence electrons. The van der Waals surface area contributed by atoms with Gasteiger partial charge in [-0.25, -0.2) is 0 Å². The zero-order chi connectivity index (χ0) is 24.7. The lowest BCUT2D eigenvalue weighted by Gasteiger charge is -2.09. The molecule has 0 radical (unpaired) electrons. The van der Waals surface area contributed by atoms with Gasteiger partial charge in [0.2, 0.25) is 0 Å². The molecular weight excluding hydrogens is 442 g/mol. The molecule has 35 heavy (non-hydrogen) atoms. The van der Waals surface area contributed by atoms with Gasteiger partial charge >= 0.3 is 6.61 Å². The van der Waals surface area contributed by atoms with Gasteiger partial charge in [-0.05, 0) is 65.8 Å². The topological polar surface area (TPSA) is 18.5 Å². The van der Waals surface area contributed by atoms with Gasteiger partial charge in [0, 0.05) is 0 Å². The molecular formula is C31H38F2O2. The van der Waals surface area contributed by atoms with Gasteiger partial charge in [-0.1, -0.05) is 100 Å². The van der Waals surface area contributed by atoms with Gasteiger partial charge < -0.3 is 9.47 Å². The molecule has 0 bridgehead atoms. The highest BCUT2D eigenvalue weighted by atomic mass is 19.3. The van der Waals surface area contributed by atoms with Crippen LogP contribution in [-0.2, 0) is 12.8 Å². The standard InChI is InChI=1S/C31H38F2O2/c1-2-3-4-5-6-7-8-9-24-34-29-20-14-26(15-21-29)11-10-25-12-16-27(17-13-25)28-18-22-30(23-19-28)35-31(32)33/h12-23,31H,2-11,24H2,1H3. The SMILES string of the molecule is CCCCCCCCCCOc1ccc(CCc2ccc(-c3ccc(OC(F)F)cc3)cc2)cc1. The molecule has 2 nitrogen and oxygen atoms in total. The zero-order valence-electron chi connectivity index (χ0n) is 20.9. The minimum Gasteiger partial charge on any atom is -0.494 e. The molecule has 3 rings (SSSR count). The third-order valence-electron chi connectivity index (χ3n) is 6.26. The number of alkyl halides is 2. The number of ether oxygens (including phenoxy) is 2. The third kappa shape index (κ3) is 10.1. The molecule has 0 saturated heterocycles. The number of aryl methyl sites for hydroxylation is 2. The number of benzene rings is 3. The summed E-state index contributed by atoms with van der Waals surface area (Å²) in [5.41, 5.74) is 4.58. The largest absolute Gasteiger partial charge is 0.494 e. The molecule has 0 N–H and O–H groups in total. The van der Waals surface area contributed by atoms with Crippen LogP contribution in [0, 0.1) is 0 Å². The van der Waals surface area contributed by atoms with Crippen LogP contribution >= 0.6 is 0 Å². The molecule has 0 aliphatic carbocycles. The van der Waals surface area contributed by atoms with Crippen LogP contribution in [0.3, 0.4) is 0 Å². The first-order chi connectivity index (χ1) is 17.1. The molecule has 0 spiro atoms. The molecule has 0 atom stereocenters. The van der Waals surface area contributed by atoms with Crippen molar-refractivity contribution in [3.8, 4) is 22.6 Å². The van der Waals surface area contributed by atoms with E-state index in [0.29, 0.717) is 0 Å². The Morgan fingerprint density at radius 1 is 0.571 bits per heavy atom. The second-order valence-electron chi connectivity index (χ2n) is 9.07. The van der Waals surface area contributed by atoms with E-state index in [2.05, 4.69) is 60.2 Å². The summed E-state index contributed by atoms with van der Waals surface area (Å²) in [6.45, 7) is 0.248. The smallest absolute Gasteiger partial charge is 0.387 e. The molecule has 4 heteroatoms. The van der Waals surface area contributed by atoms with Crippen molar-refractivity contribution in [3.05, 3.63) is 83.9 Å². The molecule has 0 aliphatic heterocycles. The number of unbranched alkanes of at least 4 members (excludes halogenated alkanes) is 7. The lowest BCUT2D eigenvalue weighted by Crippen LogP contribution is -2.01. The zero-order valence-corrected chi connectivity index (χ0v) is 20.9. The molecule has 0 aromatic heterocycles. The molecule has 3 aromatic carbocycles. The normalized spacial score (nSPS) is 11.1. The van der Waals surface area contributed by atoms with Crippen molar-refractivity contribution in [3.63, 3.8) is 0 Å². The van der Waals surface area contributed by atoms with Crippen molar-refractivity contribution in [2.24, 2.45) is 0 Å². The second-order valence-corrected chi connectivity index (χ2v) is 9.07. The first-order valence-electron chi connectivity index (χ1n) is 13.0. The average molecular weight is 481 g/mol. The summed E-state index contributed by atoms with van der Waals surface area (Å²) in [4.78, 5) is 0. The highest BCUT2D eigenvalue weighted by molar-refractivity contribution is 5.64. The Morgan fingerprint density at radius 2 is 1.03 bits per heavy atom. The highest BCUT2D eigenvalue weighted by Gasteiger charge is 2.05. The van der Waals surface area contributed by atoms with Crippen LogP contribution in [0.25, 0.3) is 11.1 Å². The van der Waals surface area contributed by atoms with E-state index in [1.165, 1.54) is 56.1 Å². The quantitative estimate of drug-likeness (QED) is 0.190. The fourth-order valence-electron chi connectivity index (χ4n) is 4.16. The van der Waals surface area contributed by atoms with Crippen LogP contribution in [0.5, 0.6) is 11.5 Å². The maximum atomic E-state index is 12.3. The van der Waals surface area contributed by atoms with E-state index >= 15 is 0 Å². The summed E-state index contributed by atoms with van der Waals surface area (Å²) in [6, 6.07) is 23.6. The van der Waals surface area contributed by atoms with Gasteiger partial charge in [0.15, 0.2) is 0 Å². The summed E-state index contributed by atoms with van der Waals surface area (Å²) >= 11 is 0. The van der Waals surface area contributed by atoms with E-state index < -0.39 is 6.61 Å². The molecule has 0 aliphatic rings. The van der Waals surface area contributed by atoms with Crippen molar-refractivity contribution in [2.75, 3.05) is 6.61 Å². The summed E-state index contributed by atoms with van der Waals surface area (Å²) in [5, 5.41) is 0. The van der Waals surface area contributed by atoms with Crippen molar-refractivity contribution in [2.45, 2.75) is 77.7 Å². The van der Waals surface area contributed by atoms with Gasteiger partial charge in [0.25, 0.3) is 0 Å². The molecule has 0 amide bonds. The Hall–Kier alpha value is -2.88. The van der Waals surface area contributed by atoms with E-state index in [9.17, 15) is 8.78 Å². The Bertz CT molecular complexity index is 951. The lowest BCUT2D eigenvalue weighted by molar-refractivity contribution is -0.0498. The summed E-state index contributed by atoms with van der Waals surface area (Å²) in [7, 11) is 0. The highest BCUT2D eigenvalue weighted by Crippen LogP contribution is 2.24. The Balaban J connectivity index is 1.35. The summed E-state index contributed by atoms with van der Waals surface area (Å²) < 4.78 is 34.9. The van der Waals surface area contributed by atoms with Gasteiger partial charge in [0.1, 0.15) is 11.5 Å². The Morgan fingerprint density at radius 3 is 1.57 bits per heavy atom. The maximum absolute atomic E-state index is 12.3. The van der Waals surface area contributed by atoms with Crippen LogP contribution < -0.4 is 9.47 Å². The first-order valence-corrected chi connectivity index (χ1v) is 13.0. The fraction of sp³-hybridized carbons (Fsp3) is 0.419. The number of halogens is 2. The number of hydrogen-bond acceptors (Lipinski definition) is 2. The van der Waals surface area contributed by atoms with E-state index in [0.717, 1.165) is 42.7 Å². The van der Waals surface area contributed by atoms with Crippen LogP contribution in [-0.4, -0.2) is 13.2 Å². The van der Waals surface area contributed by atoms with Crippen LogP contribution in [0.15, 0.2) is 72.8 Å². The van der Waals surface area contributed by atoms with E-state index in [-0.39, 0.29) is 5.75 Å². The van der Waals surface area contributed by atoms with Gasteiger partial charge in [-0.2, -0.15) is 8.78 Å². The van der Waals surface area contributed by atoms with Gasteiger partial charge in [-0.15, -0.1) is 0 Å². The van der Waals surface area contributed by atoms with Crippen molar-refractivity contribution in [1.82, 2.24) is 0 Å². The fourth-order valence-corrected chi connectivity index (χ4v) is 4.16. The summed E-state index contributed by atoms with van der Waals surface area (Å²) in [6.07, 6.45) is 12.4. The monoisotopic (exact) mass is 480 g/mol. The molecule has 0 heterocycles. The molecule has 0 saturated carbocycles. The van der Waals surface area contributed by atoms with E-state index in [4.69, 9.17) is 4.74 Å². The molecule has 3 aromatic rings. The van der Waals surface area contributed by atoms with Crippen molar-refractivity contribution >= 4 is 0 Å². The Kier molecular flexibility index (Phi) is 11.6.